The Bertz CT molecular complexity index is 936. The molecule has 1 N–H and O–H groups in total. The van der Waals surface area contributed by atoms with Gasteiger partial charge in [0.15, 0.2) is 0 Å². The largest absolute Gasteiger partial charge is 0.363 e. The van der Waals surface area contributed by atoms with Crippen LogP contribution in [-0.2, 0) is 0 Å². The number of nitro groups is 1. The molecule has 1 fully saturated rings. The maximum atomic E-state index is 12.6. The molecule has 0 bridgehead atoms. The summed E-state index contributed by atoms with van der Waals surface area (Å²) in [5.74, 6) is -0.438. The minimum Gasteiger partial charge on any atom is -0.363 e. The summed E-state index contributed by atoms with van der Waals surface area (Å²) in [6, 6.07) is 7.52. The van der Waals surface area contributed by atoms with Crippen LogP contribution in [0.5, 0.6) is 0 Å². The van der Waals surface area contributed by atoms with Gasteiger partial charge in [0.05, 0.1) is 25.7 Å². The summed E-state index contributed by atoms with van der Waals surface area (Å²) < 4.78 is 0. The van der Waals surface area contributed by atoms with Crippen LogP contribution in [0.1, 0.15) is 36.5 Å². The zero-order chi connectivity index (χ0) is 20.4. The van der Waals surface area contributed by atoms with Gasteiger partial charge in [0, 0.05) is 24.2 Å². The van der Waals surface area contributed by atoms with Crippen LogP contribution in [0.3, 0.4) is 0 Å². The van der Waals surface area contributed by atoms with Crippen molar-refractivity contribution in [3.8, 4) is 0 Å². The van der Waals surface area contributed by atoms with Gasteiger partial charge in [-0.25, -0.2) is 0 Å². The molecule has 9 heteroatoms. The van der Waals surface area contributed by atoms with Gasteiger partial charge in [-0.2, -0.15) is 0 Å². The van der Waals surface area contributed by atoms with Crippen LogP contribution >= 0.6 is 34.8 Å². The lowest BCUT2D eigenvalue weighted by Gasteiger charge is -2.35. The fourth-order valence-electron chi connectivity index (χ4n) is 3.31. The molecule has 0 saturated carbocycles. The highest BCUT2D eigenvalue weighted by atomic mass is 35.5. The van der Waals surface area contributed by atoms with Gasteiger partial charge in [-0.1, -0.05) is 34.8 Å². The number of halogens is 3. The van der Waals surface area contributed by atoms with Crippen LogP contribution in [0.25, 0.3) is 0 Å². The number of nitrogens with one attached hydrogen (secondary N) is 1. The zero-order valence-corrected chi connectivity index (χ0v) is 17.3. The molecular weight excluding hydrogens is 425 g/mol. The number of hydrogen-bond donors (Lipinski definition) is 1. The van der Waals surface area contributed by atoms with Crippen molar-refractivity contribution < 1.29 is 9.72 Å². The van der Waals surface area contributed by atoms with E-state index in [1.165, 1.54) is 24.3 Å². The Morgan fingerprint density at radius 2 is 1.89 bits per heavy atom. The third-order valence-electron chi connectivity index (χ3n) is 4.80. The Morgan fingerprint density at radius 1 is 1.14 bits per heavy atom. The van der Waals surface area contributed by atoms with Crippen molar-refractivity contribution >= 4 is 57.8 Å². The molecule has 0 aromatic heterocycles. The summed E-state index contributed by atoms with van der Waals surface area (Å²) in [4.78, 5) is 25.7. The summed E-state index contributed by atoms with van der Waals surface area (Å²) in [7, 11) is 0. The van der Waals surface area contributed by atoms with Gasteiger partial charge in [-0.3, -0.25) is 14.9 Å². The van der Waals surface area contributed by atoms with E-state index >= 15 is 0 Å². The lowest BCUT2D eigenvalue weighted by molar-refractivity contribution is -0.384. The van der Waals surface area contributed by atoms with Gasteiger partial charge in [-0.05, 0) is 50.5 Å². The lowest BCUT2D eigenvalue weighted by atomic mass is 10.0. The van der Waals surface area contributed by atoms with E-state index in [0.717, 1.165) is 19.3 Å². The van der Waals surface area contributed by atoms with Crippen LogP contribution in [0, 0.1) is 10.1 Å². The fourth-order valence-corrected chi connectivity index (χ4v) is 3.81. The molecule has 1 saturated heterocycles. The Hall–Kier alpha value is -2.02. The molecule has 0 radical (unpaired) electrons. The van der Waals surface area contributed by atoms with E-state index < -0.39 is 10.8 Å². The average Bonchev–Trinajstić information content (AvgIpc) is 2.65. The van der Waals surface area contributed by atoms with E-state index in [9.17, 15) is 14.9 Å². The van der Waals surface area contributed by atoms with Gasteiger partial charge in [0.2, 0.25) is 0 Å². The number of nitro benzene ring substituents is 1. The predicted octanol–water partition coefficient (Wildman–Crippen LogP) is 6.19. The first-order valence-corrected chi connectivity index (χ1v) is 9.92. The summed E-state index contributed by atoms with van der Waals surface area (Å²) >= 11 is 18.1. The molecule has 6 nitrogen and oxygen atoms in total. The molecule has 1 aliphatic rings. The number of anilines is 2. The van der Waals surface area contributed by atoms with Gasteiger partial charge in [0.25, 0.3) is 11.6 Å². The number of rotatable bonds is 4. The van der Waals surface area contributed by atoms with Gasteiger partial charge in [0.1, 0.15) is 5.69 Å². The summed E-state index contributed by atoms with van der Waals surface area (Å²) in [6.45, 7) is 2.75. The molecule has 1 unspecified atom stereocenters. The fraction of sp³-hybridized carbons (Fsp3) is 0.316. The molecule has 1 heterocycles. The van der Waals surface area contributed by atoms with Gasteiger partial charge >= 0.3 is 0 Å². The topological polar surface area (TPSA) is 75.5 Å². The molecule has 3 rings (SSSR count). The van der Waals surface area contributed by atoms with Crippen LogP contribution in [0.15, 0.2) is 30.3 Å². The third kappa shape index (κ3) is 4.35. The van der Waals surface area contributed by atoms with Crippen LogP contribution < -0.4 is 10.2 Å². The molecule has 1 amide bonds. The molecule has 2 aromatic rings. The summed E-state index contributed by atoms with van der Waals surface area (Å²) in [5, 5.41) is 15.0. The number of carbonyl (C=O) groups excluding carboxylic acids is 1. The summed E-state index contributed by atoms with van der Waals surface area (Å²) in [5.41, 5.74) is 0.977. The van der Waals surface area contributed by atoms with Crippen molar-refractivity contribution in [2.45, 2.75) is 32.2 Å². The number of piperidine rings is 1. The molecular formula is C19H18Cl3N3O3. The first-order valence-electron chi connectivity index (χ1n) is 8.79. The molecule has 0 aliphatic carbocycles. The smallest absolute Gasteiger partial charge is 0.294 e. The highest BCUT2D eigenvalue weighted by molar-refractivity contribution is 6.42. The Morgan fingerprint density at radius 3 is 2.54 bits per heavy atom. The maximum Gasteiger partial charge on any atom is 0.294 e. The number of carbonyl (C=O) groups is 1. The van der Waals surface area contributed by atoms with Crippen molar-refractivity contribution in [2.75, 3.05) is 16.8 Å². The van der Waals surface area contributed by atoms with Crippen LogP contribution in [0.2, 0.25) is 15.1 Å². The van der Waals surface area contributed by atoms with Crippen molar-refractivity contribution in [1.29, 1.82) is 0 Å². The van der Waals surface area contributed by atoms with E-state index in [1.807, 2.05) is 11.8 Å². The average molecular weight is 443 g/mol. The van der Waals surface area contributed by atoms with E-state index in [1.54, 1.807) is 6.07 Å². The summed E-state index contributed by atoms with van der Waals surface area (Å²) in [6.07, 6.45) is 2.99. The monoisotopic (exact) mass is 441 g/mol. The second kappa shape index (κ2) is 8.55. The maximum absolute atomic E-state index is 12.6. The van der Waals surface area contributed by atoms with Crippen LogP contribution in [0.4, 0.5) is 17.1 Å². The Labute approximate surface area is 177 Å². The number of nitrogens with zero attached hydrogens (tertiary/aromatic N) is 2. The van der Waals surface area contributed by atoms with E-state index in [2.05, 4.69) is 5.32 Å². The van der Waals surface area contributed by atoms with Crippen molar-refractivity contribution in [3.63, 3.8) is 0 Å². The van der Waals surface area contributed by atoms with E-state index in [4.69, 9.17) is 34.8 Å². The second-order valence-electron chi connectivity index (χ2n) is 6.70. The number of hydrogen-bond acceptors (Lipinski definition) is 4. The highest BCUT2D eigenvalue weighted by Gasteiger charge is 2.27. The molecule has 0 spiro atoms. The first-order chi connectivity index (χ1) is 13.3. The minimum absolute atomic E-state index is 0.0775. The zero-order valence-electron chi connectivity index (χ0n) is 15.0. The SMILES string of the molecule is CC1CCCCN1c1cc(NC(=O)c2ccc(Cl)c(Cl)c2)c(Cl)cc1[N+](=O)[O-]. The van der Waals surface area contributed by atoms with Crippen molar-refractivity contribution in [1.82, 2.24) is 0 Å². The van der Waals surface area contributed by atoms with Crippen LogP contribution in [-0.4, -0.2) is 23.4 Å². The number of amides is 1. The lowest BCUT2D eigenvalue weighted by Crippen LogP contribution is -2.37. The second-order valence-corrected chi connectivity index (χ2v) is 7.92. The van der Waals surface area contributed by atoms with E-state index in [0.29, 0.717) is 28.5 Å². The number of benzene rings is 2. The minimum atomic E-state index is -0.451. The standard InChI is InChI=1S/C19H18Cl3N3O3/c1-11-4-2-3-7-24(11)17-10-16(15(22)9-18(17)25(27)28)23-19(26)12-5-6-13(20)14(21)8-12/h5-6,8-11H,2-4,7H2,1H3,(H,23,26). The Balaban J connectivity index is 1.96. The first kappa shape index (κ1) is 20.7. The van der Waals surface area contributed by atoms with Crippen molar-refractivity contribution in [2.24, 2.45) is 0 Å². The molecule has 2 aromatic carbocycles. The molecule has 28 heavy (non-hydrogen) atoms. The Kier molecular flexibility index (Phi) is 6.33. The quantitative estimate of drug-likeness (QED) is 0.453. The van der Waals surface area contributed by atoms with Crippen molar-refractivity contribution in [3.05, 3.63) is 61.1 Å². The van der Waals surface area contributed by atoms with Gasteiger partial charge < -0.3 is 10.2 Å². The van der Waals surface area contributed by atoms with Gasteiger partial charge in [-0.15, -0.1) is 0 Å². The molecule has 148 valence electrons. The normalized spacial score (nSPS) is 16.7. The highest BCUT2D eigenvalue weighted by Crippen LogP contribution is 2.39. The third-order valence-corrected chi connectivity index (χ3v) is 5.86. The molecule has 1 aliphatic heterocycles. The van der Waals surface area contributed by atoms with E-state index in [-0.39, 0.29) is 21.8 Å². The predicted molar refractivity (Wildman–Crippen MR) is 113 cm³/mol. The molecule has 1 atom stereocenters.